The van der Waals surface area contributed by atoms with Crippen LogP contribution >= 0.6 is 12.2 Å². The predicted octanol–water partition coefficient (Wildman–Crippen LogP) is 3.57. The number of imidazole rings is 1. The van der Waals surface area contributed by atoms with E-state index in [1.165, 1.54) is 17.6 Å². The van der Waals surface area contributed by atoms with Gasteiger partial charge in [-0.1, -0.05) is 6.92 Å². The Morgan fingerprint density at radius 1 is 1.29 bits per heavy atom. The number of aromatic nitrogens is 4. The molecule has 2 heterocycles. The molecule has 0 atom stereocenters. The lowest BCUT2D eigenvalue weighted by Crippen LogP contribution is -2.04. The fourth-order valence-electron chi connectivity index (χ4n) is 2.49. The van der Waals surface area contributed by atoms with Crippen molar-refractivity contribution in [3.8, 4) is 5.69 Å². The van der Waals surface area contributed by atoms with Gasteiger partial charge in [0.15, 0.2) is 10.4 Å². The number of aryl methyl sites for hydroxylation is 3. The van der Waals surface area contributed by atoms with Crippen molar-refractivity contribution in [3.63, 3.8) is 0 Å². The Kier molecular flexibility index (Phi) is 3.16. The molecule has 0 aliphatic carbocycles. The Labute approximate surface area is 125 Å². The summed E-state index contributed by atoms with van der Waals surface area (Å²) in [6.45, 7) is 3.50. The lowest BCUT2D eigenvalue weighted by Gasteiger charge is -2.08. The van der Waals surface area contributed by atoms with Gasteiger partial charge in [-0.3, -0.25) is 4.57 Å². The molecule has 0 bridgehead atoms. The third-order valence-electron chi connectivity index (χ3n) is 3.54. The number of fused-ring (bicyclic) bond motifs is 1. The molecule has 1 aromatic carbocycles. The van der Waals surface area contributed by atoms with Gasteiger partial charge in [-0.2, -0.15) is 5.10 Å². The Morgan fingerprint density at radius 2 is 2.00 bits per heavy atom. The van der Waals surface area contributed by atoms with Crippen LogP contribution in [-0.2, 0) is 13.5 Å². The van der Waals surface area contributed by atoms with Crippen LogP contribution < -0.4 is 0 Å². The number of H-pyrrole nitrogens is 1. The smallest absolute Gasteiger partial charge is 0.184 e. The van der Waals surface area contributed by atoms with E-state index < -0.39 is 11.6 Å². The molecule has 0 radical (unpaired) electrons. The minimum atomic E-state index is -0.523. The zero-order valence-corrected chi connectivity index (χ0v) is 12.7. The zero-order chi connectivity index (χ0) is 15.3. The average molecular weight is 308 g/mol. The largest absolute Gasteiger partial charge is 0.327 e. The molecule has 1 N–H and O–H groups in total. The zero-order valence-electron chi connectivity index (χ0n) is 11.9. The number of halogens is 2. The van der Waals surface area contributed by atoms with Gasteiger partial charge in [-0.15, -0.1) is 0 Å². The molecule has 0 amide bonds. The molecular weight excluding hydrogens is 294 g/mol. The summed E-state index contributed by atoms with van der Waals surface area (Å²) in [4.78, 5) is 3.03. The predicted molar refractivity (Wildman–Crippen MR) is 79.3 cm³/mol. The second-order valence-electron chi connectivity index (χ2n) is 4.94. The Balaban J connectivity index is 2.41. The quantitative estimate of drug-likeness (QED) is 0.735. The van der Waals surface area contributed by atoms with E-state index in [4.69, 9.17) is 12.2 Å². The van der Waals surface area contributed by atoms with E-state index in [0.717, 1.165) is 23.7 Å². The Bertz CT molecular complexity index is 904. The van der Waals surface area contributed by atoms with E-state index in [0.29, 0.717) is 10.4 Å². The summed E-state index contributed by atoms with van der Waals surface area (Å²) in [5.41, 5.74) is 2.56. The second kappa shape index (κ2) is 4.77. The highest BCUT2D eigenvalue weighted by atomic mass is 32.1. The monoisotopic (exact) mass is 308 g/mol. The third-order valence-corrected chi connectivity index (χ3v) is 3.82. The molecule has 0 unspecified atom stereocenters. The topological polar surface area (TPSA) is 38.5 Å². The summed E-state index contributed by atoms with van der Waals surface area (Å²) < 4.78 is 31.5. The molecule has 0 spiro atoms. The first-order valence-corrected chi connectivity index (χ1v) is 6.97. The van der Waals surface area contributed by atoms with Crippen molar-refractivity contribution in [2.45, 2.75) is 20.3 Å². The van der Waals surface area contributed by atoms with Crippen molar-refractivity contribution in [1.82, 2.24) is 19.3 Å². The molecule has 0 saturated heterocycles. The fraction of sp³-hybridized carbons (Fsp3) is 0.286. The normalized spacial score (nSPS) is 11.5. The van der Waals surface area contributed by atoms with Crippen LogP contribution in [0.3, 0.4) is 0 Å². The maximum atomic E-state index is 14.2. The molecule has 0 saturated carbocycles. The number of aromatic amines is 1. The van der Waals surface area contributed by atoms with Crippen LogP contribution in [-0.4, -0.2) is 19.3 Å². The molecule has 4 nitrogen and oxygen atoms in total. The van der Waals surface area contributed by atoms with Crippen LogP contribution in [0, 0.1) is 23.3 Å². The molecule has 3 aromatic rings. The average Bonchev–Trinajstić information content (AvgIpc) is 2.91. The molecule has 0 aliphatic heterocycles. The van der Waals surface area contributed by atoms with Crippen molar-refractivity contribution in [2.24, 2.45) is 7.05 Å². The Morgan fingerprint density at radius 3 is 2.67 bits per heavy atom. The van der Waals surface area contributed by atoms with Gasteiger partial charge in [0, 0.05) is 13.1 Å². The summed E-state index contributed by atoms with van der Waals surface area (Å²) in [6.07, 6.45) is 0.720. The molecule has 7 heteroatoms. The van der Waals surface area contributed by atoms with Gasteiger partial charge in [0.2, 0.25) is 0 Å². The standard InChI is InChI=1S/C14H14F2N4S/c1-4-10-12-13(19(3)18-10)20(14(21)17-12)11-6-8(15)7(2)5-9(11)16/h5-6H,4H2,1-3H3,(H,17,21). The van der Waals surface area contributed by atoms with Crippen molar-refractivity contribution >= 4 is 23.4 Å². The van der Waals surface area contributed by atoms with Crippen molar-refractivity contribution < 1.29 is 8.78 Å². The fourth-order valence-corrected chi connectivity index (χ4v) is 2.78. The van der Waals surface area contributed by atoms with Gasteiger partial charge in [-0.25, -0.2) is 13.5 Å². The van der Waals surface area contributed by atoms with Crippen molar-refractivity contribution in [1.29, 1.82) is 0 Å². The minimum absolute atomic E-state index is 0.0833. The number of nitrogens with zero attached hydrogens (tertiary/aromatic N) is 3. The molecule has 2 aromatic heterocycles. The summed E-state index contributed by atoms with van der Waals surface area (Å²) in [5, 5.41) is 4.37. The first-order chi connectivity index (χ1) is 9.93. The van der Waals surface area contributed by atoms with Crippen LogP contribution in [0.15, 0.2) is 12.1 Å². The van der Waals surface area contributed by atoms with E-state index in [2.05, 4.69) is 10.1 Å². The van der Waals surface area contributed by atoms with Crippen LogP contribution in [0.5, 0.6) is 0 Å². The number of rotatable bonds is 2. The Hall–Kier alpha value is -2.02. The van der Waals surface area contributed by atoms with E-state index in [9.17, 15) is 8.78 Å². The van der Waals surface area contributed by atoms with Gasteiger partial charge >= 0.3 is 0 Å². The summed E-state index contributed by atoms with van der Waals surface area (Å²) >= 11 is 5.27. The first kappa shape index (κ1) is 13.9. The van der Waals surface area contributed by atoms with Crippen LogP contribution in [0.1, 0.15) is 18.2 Å². The second-order valence-corrected chi connectivity index (χ2v) is 5.33. The first-order valence-electron chi connectivity index (χ1n) is 6.56. The number of benzene rings is 1. The molecule has 21 heavy (non-hydrogen) atoms. The maximum Gasteiger partial charge on any atom is 0.184 e. The maximum absolute atomic E-state index is 14.2. The highest BCUT2D eigenvalue weighted by Crippen LogP contribution is 2.25. The van der Waals surface area contributed by atoms with E-state index in [1.807, 2.05) is 6.92 Å². The molecule has 3 rings (SSSR count). The lowest BCUT2D eigenvalue weighted by molar-refractivity contribution is 0.584. The van der Waals surface area contributed by atoms with Crippen molar-refractivity contribution in [3.05, 3.63) is 39.8 Å². The number of nitrogens with one attached hydrogen (secondary N) is 1. The third kappa shape index (κ3) is 1.99. The highest BCUT2D eigenvalue weighted by molar-refractivity contribution is 7.71. The van der Waals surface area contributed by atoms with E-state index in [-0.39, 0.29) is 11.3 Å². The summed E-state index contributed by atoms with van der Waals surface area (Å²) in [6, 6.07) is 2.33. The van der Waals surface area contributed by atoms with Crippen LogP contribution in [0.4, 0.5) is 8.78 Å². The SMILES string of the molecule is CCc1nn(C)c2c1[nH]c(=S)n2-c1cc(F)c(C)cc1F. The van der Waals surface area contributed by atoms with Crippen molar-refractivity contribution in [2.75, 3.05) is 0 Å². The van der Waals surface area contributed by atoms with Gasteiger partial charge in [-0.05, 0) is 37.2 Å². The van der Waals surface area contributed by atoms with Crippen LogP contribution in [0.25, 0.3) is 16.9 Å². The molecule has 0 aliphatic rings. The van der Waals surface area contributed by atoms with Gasteiger partial charge in [0.05, 0.1) is 11.4 Å². The highest BCUT2D eigenvalue weighted by Gasteiger charge is 2.18. The van der Waals surface area contributed by atoms with Gasteiger partial charge < -0.3 is 4.98 Å². The van der Waals surface area contributed by atoms with Gasteiger partial charge in [0.1, 0.15) is 17.2 Å². The van der Waals surface area contributed by atoms with Gasteiger partial charge in [0.25, 0.3) is 0 Å². The number of hydrogen-bond donors (Lipinski definition) is 1. The minimum Gasteiger partial charge on any atom is -0.327 e. The summed E-state index contributed by atoms with van der Waals surface area (Å²) in [5.74, 6) is -0.995. The van der Waals surface area contributed by atoms with E-state index >= 15 is 0 Å². The molecule has 0 fully saturated rings. The molecule has 110 valence electrons. The van der Waals surface area contributed by atoms with E-state index in [1.54, 1.807) is 11.7 Å². The lowest BCUT2D eigenvalue weighted by atomic mass is 10.2. The van der Waals surface area contributed by atoms with Crippen LogP contribution in [0.2, 0.25) is 0 Å². The number of hydrogen-bond acceptors (Lipinski definition) is 2. The summed E-state index contributed by atoms with van der Waals surface area (Å²) in [7, 11) is 1.75. The molecular formula is C14H14F2N4S.